The Balaban J connectivity index is -0.000000332. The van der Waals surface area contributed by atoms with Crippen molar-refractivity contribution in [3.8, 4) is 0 Å². The molecule has 1 fully saturated rings. The predicted octanol–water partition coefficient (Wildman–Crippen LogP) is 27.3. The van der Waals surface area contributed by atoms with Gasteiger partial charge in [0.05, 0.1) is 28.6 Å². The molecule has 0 aromatic carbocycles. The third kappa shape index (κ3) is 43.2. The Labute approximate surface area is 606 Å². The average molecular weight is 1380 g/mol. The summed E-state index contributed by atoms with van der Waals surface area (Å²) in [5.74, 6) is 18.1. The molecule has 0 spiro atoms. The van der Waals surface area contributed by atoms with Crippen molar-refractivity contribution >= 4 is 23.9 Å². The Bertz CT molecular complexity index is 2350. The number of thiazole rings is 1. The van der Waals surface area contributed by atoms with Crippen LogP contribution in [0.2, 0.25) is 0 Å². The van der Waals surface area contributed by atoms with E-state index >= 15 is 0 Å². The van der Waals surface area contributed by atoms with Gasteiger partial charge in [-0.1, -0.05) is 295 Å². The van der Waals surface area contributed by atoms with Crippen molar-refractivity contribution in [2.24, 2.45) is 63.2 Å². The zero-order valence-corrected chi connectivity index (χ0v) is 70.5. The third-order valence-electron chi connectivity index (χ3n) is 14.8. The van der Waals surface area contributed by atoms with Crippen LogP contribution < -0.4 is 5.10 Å². The van der Waals surface area contributed by atoms with Crippen LogP contribution in [0.3, 0.4) is 0 Å². The quantitative estimate of drug-likeness (QED) is 0.0936. The first-order valence-electron chi connectivity index (χ1n) is 37.5. The molecule has 5 aromatic rings. The molecular weight excluding hydrogens is 1220 g/mol. The largest absolute Gasteiger partial charge is 0.445 e. The Kier molecular flexibility index (Phi) is 55.0. The van der Waals surface area contributed by atoms with Crippen LogP contribution in [-0.4, -0.2) is 54.3 Å². The molecular formula is C83H163N10O3S+. The first-order chi connectivity index (χ1) is 43.6. The lowest BCUT2D eigenvalue weighted by Crippen LogP contribution is -2.24. The van der Waals surface area contributed by atoms with E-state index in [0.717, 1.165) is 100 Å². The van der Waals surface area contributed by atoms with Gasteiger partial charge in [-0.25, -0.2) is 15.0 Å². The Morgan fingerprint density at radius 3 is 1.13 bits per heavy atom. The van der Waals surface area contributed by atoms with Crippen molar-refractivity contribution in [1.29, 1.82) is 0 Å². The van der Waals surface area contributed by atoms with E-state index in [2.05, 4.69) is 310 Å². The molecule has 2 atom stereocenters. The number of H-pyrrole nitrogens is 1. The summed E-state index contributed by atoms with van der Waals surface area (Å²) in [6.45, 7) is 90.6. The van der Waals surface area contributed by atoms with Gasteiger partial charge in [-0.05, 0) is 108 Å². The number of rotatable bonds is 16. The van der Waals surface area contributed by atoms with Gasteiger partial charge in [-0.15, -0.1) is 11.3 Å². The fraction of sp³-hybridized carbons (Fsp3) is 0.819. The maximum atomic E-state index is 5.79. The molecule has 1 N–H and O–H groups in total. The zero-order chi connectivity index (χ0) is 74.6. The van der Waals surface area contributed by atoms with Gasteiger partial charge in [0, 0.05) is 69.6 Å². The minimum atomic E-state index is 0. The number of aromatic amines is 1. The van der Waals surface area contributed by atoms with E-state index in [1.807, 2.05) is 36.0 Å². The predicted molar refractivity (Wildman–Crippen MR) is 429 cm³/mol. The fourth-order valence-electron chi connectivity index (χ4n) is 9.37. The number of aromatic nitrogens is 8. The van der Waals surface area contributed by atoms with E-state index in [4.69, 9.17) is 18.4 Å². The van der Waals surface area contributed by atoms with Crippen LogP contribution in [0.15, 0.2) is 29.5 Å². The van der Waals surface area contributed by atoms with E-state index in [1.165, 1.54) is 39.8 Å². The van der Waals surface area contributed by atoms with E-state index in [1.54, 1.807) is 12.6 Å². The van der Waals surface area contributed by atoms with Crippen LogP contribution in [-0.2, 0) is 0 Å². The maximum absolute atomic E-state index is 5.79. The summed E-state index contributed by atoms with van der Waals surface area (Å²) in [7, 11) is 0. The molecule has 6 heterocycles. The van der Waals surface area contributed by atoms with Gasteiger partial charge < -0.3 is 13.5 Å². The number of hydrogen-bond acceptors (Lipinski definition) is 12. The lowest BCUT2D eigenvalue weighted by atomic mass is 9.80. The highest BCUT2D eigenvalue weighted by atomic mass is 32.1. The molecule has 14 heteroatoms. The lowest BCUT2D eigenvalue weighted by molar-refractivity contribution is -0.511. The molecule has 0 amide bonds. The molecule has 13 nitrogen and oxygen atoms in total. The van der Waals surface area contributed by atoms with E-state index in [9.17, 15) is 0 Å². The Hall–Kier alpha value is -4.33. The van der Waals surface area contributed by atoms with Gasteiger partial charge in [0.15, 0.2) is 17.4 Å². The van der Waals surface area contributed by atoms with E-state index in [0.29, 0.717) is 77.1 Å². The molecule has 1 saturated carbocycles. The van der Waals surface area contributed by atoms with Crippen molar-refractivity contribution < 1.29 is 18.6 Å². The maximum Gasteiger partial charge on any atom is 0.229 e. The second kappa shape index (κ2) is 52.6. The molecule has 5 aromatic heterocycles. The van der Waals surface area contributed by atoms with Crippen LogP contribution in [0, 0.1) is 53.3 Å². The number of oxazole rings is 1. The van der Waals surface area contributed by atoms with Gasteiger partial charge >= 0.3 is 0 Å². The van der Waals surface area contributed by atoms with Crippen molar-refractivity contribution in [3.05, 3.63) is 73.5 Å². The highest BCUT2D eigenvalue weighted by molar-refractivity contribution is 7.12. The molecule has 568 valence electrons. The molecule has 0 radical (unpaired) electrons. The lowest BCUT2D eigenvalue weighted by Gasteiger charge is -2.26. The summed E-state index contributed by atoms with van der Waals surface area (Å²) >= 11 is 1.89. The van der Waals surface area contributed by atoms with Crippen molar-refractivity contribution in [3.63, 3.8) is 0 Å². The highest BCUT2D eigenvalue weighted by Crippen LogP contribution is 2.47. The number of nitrogens with one attached hydrogen (secondary N) is 1. The zero-order valence-electron chi connectivity index (χ0n) is 69.7. The van der Waals surface area contributed by atoms with Crippen LogP contribution in [0.5, 0.6) is 0 Å². The number of nitrogens with zero attached hydrogens (tertiary/aromatic N) is 9. The fourth-order valence-corrected chi connectivity index (χ4v) is 10.6. The van der Waals surface area contributed by atoms with Gasteiger partial charge in [-0.2, -0.15) is 10.1 Å². The molecule has 0 bridgehead atoms. The number of aliphatic imine (C=N–C) groups is 2. The average Bonchev–Trinajstić information content (AvgIpc) is 1.72. The van der Waals surface area contributed by atoms with E-state index in [-0.39, 0.29) is 14.9 Å². The minimum absolute atomic E-state index is 0. The summed E-state index contributed by atoms with van der Waals surface area (Å²) < 4.78 is 16.0. The number of hydrogen-bond donors (Lipinski definition) is 0. The first-order valence-corrected chi connectivity index (χ1v) is 38.3. The molecule has 97 heavy (non-hydrogen) atoms. The molecule has 1 aliphatic carbocycles. The molecule has 1 aliphatic heterocycles. The highest BCUT2D eigenvalue weighted by Gasteiger charge is 2.38. The van der Waals surface area contributed by atoms with Gasteiger partial charge in [0.2, 0.25) is 11.6 Å². The topological polar surface area (TPSA) is 161 Å². The monoisotopic (exact) mass is 1380 g/mol. The smallest absolute Gasteiger partial charge is 0.229 e. The molecule has 2 aliphatic rings. The molecule has 2 unspecified atom stereocenters. The Morgan fingerprint density at radius 2 is 0.907 bits per heavy atom. The summed E-state index contributed by atoms with van der Waals surface area (Å²) in [4.78, 5) is 24.4. The first kappa shape index (κ1) is 101. The summed E-state index contributed by atoms with van der Waals surface area (Å²) in [5.41, 5.74) is 5.97. The van der Waals surface area contributed by atoms with Crippen LogP contribution in [0.1, 0.15) is 456 Å². The van der Waals surface area contributed by atoms with Crippen LogP contribution in [0.4, 0.5) is 0 Å². The van der Waals surface area contributed by atoms with Crippen molar-refractivity contribution in [2.45, 2.75) is 389 Å². The molecule has 0 saturated heterocycles. The van der Waals surface area contributed by atoms with Crippen molar-refractivity contribution in [1.82, 2.24) is 35.2 Å². The normalized spacial score (nSPS) is 14.7. The SMILES string of the molecule is C.C.C1=NC=NC1.CC(C)C.CC(C)C.CC(C)C.CC(C)C1CC(C(C)C)C(C(C)C)C1.CC(C)c1cc(C(C)C)on1.CC(C)c1nc(C(C)C)c(C(C)C)o1.CC(C)c1nc(C(C)C)c(C(C)C)s1.CC(C)c1nn(C(C)C)[nH+]c1C(C)C.CC(C)c1noc(C(C)C)n1. The minimum Gasteiger partial charge on any atom is -0.445 e. The van der Waals surface area contributed by atoms with Crippen LogP contribution >= 0.6 is 11.3 Å². The summed E-state index contributed by atoms with van der Waals surface area (Å²) in [6, 6.07) is 2.44. The van der Waals surface area contributed by atoms with Crippen LogP contribution in [0.25, 0.3) is 0 Å². The molecule has 7 rings (SSSR count). The van der Waals surface area contributed by atoms with E-state index < -0.39 is 0 Å². The summed E-state index contributed by atoms with van der Waals surface area (Å²) in [6.07, 6.45) is 6.29. The van der Waals surface area contributed by atoms with Crippen molar-refractivity contribution in [2.75, 3.05) is 6.54 Å². The second-order valence-electron chi connectivity index (χ2n) is 33.4. The summed E-state index contributed by atoms with van der Waals surface area (Å²) in [5, 5.41) is 17.1. The Morgan fingerprint density at radius 1 is 0.443 bits per heavy atom. The second-order valence-corrected chi connectivity index (χ2v) is 34.4. The standard InChI is InChI=1S/C14H28.C12H21NO.C12H21NS.C11H21N3.C9H15NO.C8H14N2O.3C4H10.C3H4N2.2CH4/c1-9(2)12-7-13(10(3)4)14(8-12)11(5)6;2*1-7(2)10-11(8(3)4)14-12(13-10)9(5)6;1-7(2)10-11(8(3)4)13-14(12-10)9(5)6;1-6(2)8-5-9(7(3)4)11-10-8;1-5(2)7-9-8(6(3)4)11-10-7;3*1-4(2)3;1-2-5-3-4-1;;/h9-14H,7-8H2,1-6H3;3*7-9H,1-6H3;5-7H,1-4H3;5-6H,1-4H3;3*4H,1-3H3;1,3H,2H2;2*1H4/p+1. The van der Waals surface area contributed by atoms with Gasteiger partial charge in [0.1, 0.15) is 23.9 Å². The third-order valence-corrected chi connectivity index (χ3v) is 16.5. The van der Waals surface area contributed by atoms with Gasteiger partial charge in [-0.3, -0.25) is 4.99 Å². The van der Waals surface area contributed by atoms with Gasteiger partial charge in [0.25, 0.3) is 0 Å².